The molecule has 142 valence electrons. The zero-order valence-electron chi connectivity index (χ0n) is 15.1. The van der Waals surface area contributed by atoms with Crippen LogP contribution in [0.3, 0.4) is 0 Å². The van der Waals surface area contributed by atoms with Crippen LogP contribution in [0.1, 0.15) is 12.0 Å². The molecule has 0 amide bonds. The summed E-state index contributed by atoms with van der Waals surface area (Å²) in [6, 6.07) is 16.7. The molecule has 0 radical (unpaired) electrons. The molecule has 8 heteroatoms. The van der Waals surface area contributed by atoms with Gasteiger partial charge in [-0.15, -0.1) is 0 Å². The zero-order valence-corrected chi connectivity index (χ0v) is 15.9. The molecule has 2 aromatic heterocycles. The molecular weight excluding hydrogens is 374 g/mol. The van der Waals surface area contributed by atoms with Crippen LogP contribution in [0, 0.1) is 0 Å². The van der Waals surface area contributed by atoms with E-state index in [0.29, 0.717) is 25.2 Å². The summed E-state index contributed by atoms with van der Waals surface area (Å²) in [4.78, 5) is 8.47. The van der Waals surface area contributed by atoms with Gasteiger partial charge in [-0.05, 0) is 41.7 Å². The van der Waals surface area contributed by atoms with E-state index in [1.165, 1.54) is 6.33 Å². The first kappa shape index (κ1) is 18.3. The predicted octanol–water partition coefficient (Wildman–Crippen LogP) is 2.70. The summed E-state index contributed by atoms with van der Waals surface area (Å²) in [6.07, 6.45) is 6.38. The molecule has 0 spiro atoms. The number of fused-ring (bicyclic) bond motifs is 1. The van der Waals surface area contributed by atoms with Crippen molar-refractivity contribution in [2.45, 2.75) is 17.7 Å². The Morgan fingerprint density at radius 2 is 1.79 bits per heavy atom. The van der Waals surface area contributed by atoms with Crippen molar-refractivity contribution in [2.24, 2.45) is 0 Å². The van der Waals surface area contributed by atoms with Gasteiger partial charge < -0.3 is 0 Å². The molecule has 0 aliphatic heterocycles. The van der Waals surface area contributed by atoms with Crippen LogP contribution in [-0.4, -0.2) is 34.5 Å². The smallest absolute Gasteiger partial charge is 0.219 e. The van der Waals surface area contributed by atoms with Crippen LogP contribution in [-0.2, 0) is 16.4 Å². The lowest BCUT2D eigenvalue weighted by atomic mass is 10.1. The fraction of sp³-hybridized carbons (Fsp3) is 0.150. The Morgan fingerprint density at radius 3 is 2.64 bits per heavy atom. The van der Waals surface area contributed by atoms with Crippen LogP contribution in [0.15, 0.2) is 78.2 Å². The fourth-order valence-corrected chi connectivity index (χ4v) is 4.06. The summed E-state index contributed by atoms with van der Waals surface area (Å²) < 4.78 is 29.5. The van der Waals surface area contributed by atoms with Crippen LogP contribution < -0.4 is 4.72 Å². The van der Waals surface area contributed by atoms with Crippen molar-refractivity contribution >= 4 is 15.8 Å². The first-order valence-electron chi connectivity index (χ1n) is 8.91. The molecule has 0 saturated heterocycles. The number of aromatic nitrogens is 4. The monoisotopic (exact) mass is 393 g/mol. The van der Waals surface area contributed by atoms with Crippen LogP contribution >= 0.6 is 0 Å². The highest BCUT2D eigenvalue weighted by atomic mass is 32.2. The predicted molar refractivity (Wildman–Crippen MR) is 106 cm³/mol. The first-order valence-corrected chi connectivity index (χ1v) is 10.4. The van der Waals surface area contributed by atoms with Crippen LogP contribution in [0.4, 0.5) is 0 Å². The van der Waals surface area contributed by atoms with E-state index >= 15 is 0 Å². The fourth-order valence-electron chi connectivity index (χ4n) is 2.94. The van der Waals surface area contributed by atoms with Crippen LogP contribution in [0.25, 0.3) is 16.9 Å². The van der Waals surface area contributed by atoms with Gasteiger partial charge in [-0.1, -0.05) is 42.5 Å². The van der Waals surface area contributed by atoms with E-state index < -0.39 is 10.0 Å². The normalized spacial score (nSPS) is 11.7. The van der Waals surface area contributed by atoms with E-state index in [0.717, 1.165) is 16.7 Å². The topological polar surface area (TPSA) is 89.2 Å². The minimum absolute atomic E-state index is 0.263. The Bertz CT molecular complexity index is 1190. The molecule has 0 saturated carbocycles. The summed E-state index contributed by atoms with van der Waals surface area (Å²) in [5, 5.41) is 4.05. The standard InChI is InChI=1S/C20H19N5O2S/c26-28(27,19-10-4-9-18(12-19)17-7-2-1-3-8-17)24-11-5-6-16-13-21-20-22-15-23-25(20)14-16/h1-4,7-10,12-15,24H,5-6,11H2. The third-order valence-electron chi connectivity index (χ3n) is 4.37. The van der Waals surface area contributed by atoms with Gasteiger partial charge >= 0.3 is 0 Å². The first-order chi connectivity index (χ1) is 13.6. The van der Waals surface area contributed by atoms with Crippen molar-refractivity contribution in [3.8, 4) is 11.1 Å². The van der Waals surface area contributed by atoms with Gasteiger partial charge in [-0.2, -0.15) is 10.1 Å². The summed E-state index contributed by atoms with van der Waals surface area (Å²) >= 11 is 0. The maximum absolute atomic E-state index is 12.6. The third kappa shape index (κ3) is 4.08. The van der Waals surface area contributed by atoms with Gasteiger partial charge in [0.1, 0.15) is 6.33 Å². The molecule has 2 heterocycles. The number of benzene rings is 2. The molecular formula is C20H19N5O2S. The molecule has 0 aliphatic rings. The number of sulfonamides is 1. The molecule has 0 aliphatic carbocycles. The van der Waals surface area contributed by atoms with E-state index in [1.54, 1.807) is 28.9 Å². The Labute approximate surface area is 163 Å². The van der Waals surface area contributed by atoms with E-state index in [1.807, 2.05) is 42.6 Å². The SMILES string of the molecule is O=S(=O)(NCCCc1cnc2ncnn2c1)c1cccc(-c2ccccc2)c1. The summed E-state index contributed by atoms with van der Waals surface area (Å²) in [5.41, 5.74) is 2.83. The molecule has 1 N–H and O–H groups in total. The third-order valence-corrected chi connectivity index (χ3v) is 5.83. The number of hydrogen-bond donors (Lipinski definition) is 1. The Morgan fingerprint density at radius 1 is 0.964 bits per heavy atom. The lowest BCUT2D eigenvalue weighted by Crippen LogP contribution is -2.25. The van der Waals surface area contributed by atoms with Crippen molar-refractivity contribution < 1.29 is 8.42 Å². The number of nitrogens with one attached hydrogen (secondary N) is 1. The molecule has 0 bridgehead atoms. The van der Waals surface area contributed by atoms with Gasteiger partial charge in [0.15, 0.2) is 0 Å². The van der Waals surface area contributed by atoms with Crippen LogP contribution in [0.2, 0.25) is 0 Å². The summed E-state index contributed by atoms with van der Waals surface area (Å²) in [5.74, 6) is 0.544. The molecule has 4 rings (SSSR count). The van der Waals surface area contributed by atoms with Crippen molar-refractivity contribution in [2.75, 3.05) is 6.54 Å². The van der Waals surface area contributed by atoms with E-state index in [-0.39, 0.29) is 4.90 Å². The highest BCUT2D eigenvalue weighted by Gasteiger charge is 2.14. The van der Waals surface area contributed by atoms with Crippen molar-refractivity contribution in [1.29, 1.82) is 0 Å². The van der Waals surface area contributed by atoms with Gasteiger partial charge in [-0.3, -0.25) is 0 Å². The molecule has 28 heavy (non-hydrogen) atoms. The van der Waals surface area contributed by atoms with Crippen molar-refractivity contribution in [3.05, 3.63) is 78.9 Å². The van der Waals surface area contributed by atoms with Gasteiger partial charge in [0.25, 0.3) is 5.78 Å². The number of rotatable bonds is 7. The molecule has 0 fully saturated rings. The quantitative estimate of drug-likeness (QED) is 0.488. The number of aryl methyl sites for hydroxylation is 1. The van der Waals surface area contributed by atoms with Gasteiger partial charge in [0, 0.05) is 18.9 Å². The maximum atomic E-state index is 12.6. The van der Waals surface area contributed by atoms with Gasteiger partial charge in [0.05, 0.1) is 4.90 Å². The summed E-state index contributed by atoms with van der Waals surface area (Å²) in [7, 11) is -3.56. The zero-order chi connectivity index (χ0) is 19.4. The van der Waals surface area contributed by atoms with Crippen molar-refractivity contribution in [3.63, 3.8) is 0 Å². The maximum Gasteiger partial charge on any atom is 0.252 e. The average molecular weight is 393 g/mol. The second kappa shape index (κ2) is 7.87. The average Bonchev–Trinajstić information content (AvgIpc) is 3.20. The Kier molecular flexibility index (Phi) is 5.14. The molecule has 2 aromatic carbocycles. The Balaban J connectivity index is 1.39. The molecule has 4 aromatic rings. The van der Waals surface area contributed by atoms with E-state index in [2.05, 4.69) is 19.8 Å². The second-order valence-corrected chi connectivity index (χ2v) is 8.13. The summed E-state index contributed by atoms with van der Waals surface area (Å²) in [6.45, 7) is 0.341. The lowest BCUT2D eigenvalue weighted by Gasteiger charge is -2.09. The molecule has 0 unspecified atom stereocenters. The lowest BCUT2D eigenvalue weighted by molar-refractivity contribution is 0.579. The minimum Gasteiger partial charge on any atom is -0.219 e. The Hall–Kier alpha value is -3.10. The molecule has 0 atom stereocenters. The largest absolute Gasteiger partial charge is 0.252 e. The van der Waals surface area contributed by atoms with Gasteiger partial charge in [-0.25, -0.2) is 22.6 Å². The molecule has 7 nitrogen and oxygen atoms in total. The second-order valence-electron chi connectivity index (χ2n) is 6.36. The highest BCUT2D eigenvalue weighted by Crippen LogP contribution is 2.22. The number of nitrogens with zero attached hydrogens (tertiary/aromatic N) is 4. The van der Waals surface area contributed by atoms with Crippen LogP contribution in [0.5, 0.6) is 0 Å². The van der Waals surface area contributed by atoms with Gasteiger partial charge in [0.2, 0.25) is 10.0 Å². The van der Waals surface area contributed by atoms with E-state index in [9.17, 15) is 8.42 Å². The minimum atomic E-state index is -3.56. The number of hydrogen-bond acceptors (Lipinski definition) is 5. The van der Waals surface area contributed by atoms with Crippen molar-refractivity contribution in [1.82, 2.24) is 24.3 Å². The van der Waals surface area contributed by atoms with E-state index in [4.69, 9.17) is 0 Å². The highest BCUT2D eigenvalue weighted by molar-refractivity contribution is 7.89.